The van der Waals surface area contributed by atoms with Crippen LogP contribution in [0.15, 0.2) is 18.7 Å². The Morgan fingerprint density at radius 1 is 1.31 bits per heavy atom. The van der Waals surface area contributed by atoms with Gasteiger partial charge in [-0.2, -0.15) is 13.2 Å². The number of rotatable bonds is 0. The lowest BCUT2D eigenvalue weighted by Gasteiger charge is -2.11. The van der Waals surface area contributed by atoms with Gasteiger partial charge < -0.3 is 5.32 Å². The minimum Gasteiger partial charge on any atom is -0.321 e. The Balaban J connectivity index is 2.62. The highest BCUT2D eigenvalue weighted by molar-refractivity contribution is 6.31. The van der Waals surface area contributed by atoms with Crippen LogP contribution in [0.2, 0.25) is 0 Å². The monoisotopic (exact) mass is 227 g/mol. The van der Waals surface area contributed by atoms with Crippen molar-refractivity contribution < 1.29 is 18.0 Å². The molecule has 0 aromatic heterocycles. The maximum absolute atomic E-state index is 12.6. The van der Waals surface area contributed by atoms with Gasteiger partial charge in [-0.25, -0.2) is 0 Å². The molecular weight excluding hydrogens is 219 g/mol. The standard InChI is InChI=1S/C11H8F3NO/c1-5-3-7-6(2)10(16)15-9(7)4-8(5)11(12,13)14/h3-4H,2H2,1H3,(H,15,16). The zero-order valence-corrected chi connectivity index (χ0v) is 8.40. The highest BCUT2D eigenvalue weighted by Gasteiger charge is 2.35. The lowest BCUT2D eigenvalue weighted by atomic mass is 10.0. The predicted octanol–water partition coefficient (Wildman–Crippen LogP) is 2.98. The Morgan fingerprint density at radius 3 is 2.50 bits per heavy atom. The molecular formula is C11H8F3NO. The largest absolute Gasteiger partial charge is 0.416 e. The van der Waals surface area contributed by atoms with Crippen LogP contribution in [0.3, 0.4) is 0 Å². The van der Waals surface area contributed by atoms with Crippen molar-refractivity contribution in [2.24, 2.45) is 0 Å². The van der Waals surface area contributed by atoms with Crippen LogP contribution in [-0.4, -0.2) is 5.91 Å². The summed E-state index contributed by atoms with van der Waals surface area (Å²) in [6.45, 7) is 4.88. The molecule has 0 fully saturated rings. The Hall–Kier alpha value is -1.78. The summed E-state index contributed by atoms with van der Waals surface area (Å²) in [5.74, 6) is -0.450. The Kier molecular flexibility index (Phi) is 2.08. The summed E-state index contributed by atoms with van der Waals surface area (Å²) < 4.78 is 37.7. The topological polar surface area (TPSA) is 29.1 Å². The maximum atomic E-state index is 12.6. The molecule has 0 atom stereocenters. The second-order valence-corrected chi connectivity index (χ2v) is 3.64. The average molecular weight is 227 g/mol. The number of fused-ring (bicyclic) bond motifs is 1. The number of alkyl halides is 3. The summed E-state index contributed by atoms with van der Waals surface area (Å²) in [6, 6.07) is 2.28. The number of amides is 1. The summed E-state index contributed by atoms with van der Waals surface area (Å²) in [7, 11) is 0. The molecule has 2 rings (SSSR count). The molecule has 2 nitrogen and oxygen atoms in total. The zero-order chi connectivity index (χ0) is 12.1. The van der Waals surface area contributed by atoms with Crippen LogP contribution in [0, 0.1) is 6.92 Å². The van der Waals surface area contributed by atoms with E-state index in [4.69, 9.17) is 0 Å². The van der Waals surface area contributed by atoms with Gasteiger partial charge in [0, 0.05) is 16.8 Å². The SMILES string of the molecule is C=C1C(=O)Nc2cc(C(F)(F)F)c(C)cc21. The summed E-state index contributed by atoms with van der Waals surface area (Å²) in [6.07, 6.45) is -4.41. The lowest BCUT2D eigenvalue weighted by Crippen LogP contribution is -2.08. The third kappa shape index (κ3) is 1.48. The minimum atomic E-state index is -4.41. The van der Waals surface area contributed by atoms with Crippen LogP contribution >= 0.6 is 0 Å². The quantitative estimate of drug-likeness (QED) is 0.678. The van der Waals surface area contributed by atoms with E-state index in [0.717, 1.165) is 6.07 Å². The number of anilines is 1. The van der Waals surface area contributed by atoms with E-state index in [-0.39, 0.29) is 16.8 Å². The number of hydrogen-bond acceptors (Lipinski definition) is 1. The normalized spacial score (nSPS) is 15.0. The molecule has 0 unspecified atom stereocenters. The first-order chi connectivity index (χ1) is 7.30. The Labute approximate surface area is 89.8 Å². The molecule has 1 aliphatic heterocycles. The van der Waals surface area contributed by atoms with E-state index >= 15 is 0 Å². The molecule has 1 aromatic carbocycles. The fourth-order valence-electron chi connectivity index (χ4n) is 1.69. The second kappa shape index (κ2) is 3.10. The molecule has 0 radical (unpaired) electrons. The minimum absolute atomic E-state index is 0.0869. The number of carbonyl (C=O) groups excluding carboxylic acids is 1. The van der Waals surface area contributed by atoms with Gasteiger partial charge in [0.25, 0.3) is 5.91 Å². The first-order valence-corrected chi connectivity index (χ1v) is 4.53. The van der Waals surface area contributed by atoms with Gasteiger partial charge in [0.05, 0.1) is 5.56 Å². The smallest absolute Gasteiger partial charge is 0.321 e. The van der Waals surface area contributed by atoms with Crippen molar-refractivity contribution in [3.8, 4) is 0 Å². The van der Waals surface area contributed by atoms with Gasteiger partial charge in [-0.05, 0) is 24.6 Å². The molecule has 16 heavy (non-hydrogen) atoms. The summed E-state index contributed by atoms with van der Waals surface area (Å²) >= 11 is 0. The molecule has 0 aliphatic carbocycles. The molecule has 1 amide bonds. The fraction of sp³-hybridized carbons (Fsp3) is 0.182. The number of aryl methyl sites for hydroxylation is 1. The van der Waals surface area contributed by atoms with E-state index in [1.165, 1.54) is 13.0 Å². The summed E-state index contributed by atoms with van der Waals surface area (Å²) in [4.78, 5) is 11.2. The van der Waals surface area contributed by atoms with Crippen LogP contribution in [0.25, 0.3) is 5.57 Å². The second-order valence-electron chi connectivity index (χ2n) is 3.64. The highest BCUT2D eigenvalue weighted by Crippen LogP contribution is 2.39. The number of carbonyl (C=O) groups is 1. The number of hydrogen-bond donors (Lipinski definition) is 1. The molecule has 1 aliphatic rings. The van der Waals surface area contributed by atoms with E-state index in [9.17, 15) is 18.0 Å². The molecule has 84 valence electrons. The Bertz CT molecular complexity index is 503. The van der Waals surface area contributed by atoms with E-state index in [0.29, 0.717) is 5.56 Å². The van der Waals surface area contributed by atoms with Crippen molar-refractivity contribution in [2.45, 2.75) is 13.1 Å². The van der Waals surface area contributed by atoms with E-state index in [2.05, 4.69) is 11.9 Å². The first kappa shape index (κ1) is 10.7. The molecule has 0 bridgehead atoms. The zero-order valence-electron chi connectivity index (χ0n) is 8.40. The van der Waals surface area contributed by atoms with Crippen molar-refractivity contribution in [3.05, 3.63) is 35.4 Å². The first-order valence-electron chi connectivity index (χ1n) is 4.53. The van der Waals surface area contributed by atoms with Crippen LogP contribution in [0.4, 0.5) is 18.9 Å². The van der Waals surface area contributed by atoms with Gasteiger partial charge in [-0.15, -0.1) is 0 Å². The molecule has 1 N–H and O–H groups in total. The number of nitrogens with one attached hydrogen (secondary N) is 1. The van der Waals surface area contributed by atoms with Crippen molar-refractivity contribution in [1.29, 1.82) is 0 Å². The van der Waals surface area contributed by atoms with Crippen LogP contribution in [-0.2, 0) is 11.0 Å². The summed E-state index contributed by atoms with van der Waals surface area (Å²) in [5.41, 5.74) is 0.167. The molecule has 1 aromatic rings. The summed E-state index contributed by atoms with van der Waals surface area (Å²) in [5, 5.41) is 2.35. The third-order valence-electron chi connectivity index (χ3n) is 2.52. The lowest BCUT2D eigenvalue weighted by molar-refractivity contribution is -0.138. The molecule has 0 spiro atoms. The average Bonchev–Trinajstić information content (AvgIpc) is 2.41. The van der Waals surface area contributed by atoms with Gasteiger partial charge >= 0.3 is 6.18 Å². The van der Waals surface area contributed by atoms with Crippen LogP contribution < -0.4 is 5.32 Å². The van der Waals surface area contributed by atoms with Crippen molar-refractivity contribution in [2.75, 3.05) is 5.32 Å². The molecule has 5 heteroatoms. The molecule has 0 saturated heterocycles. The van der Waals surface area contributed by atoms with Gasteiger partial charge in [0.15, 0.2) is 0 Å². The molecule has 1 heterocycles. The van der Waals surface area contributed by atoms with Gasteiger partial charge in [-0.1, -0.05) is 6.58 Å². The van der Waals surface area contributed by atoms with Crippen molar-refractivity contribution >= 4 is 17.2 Å². The predicted molar refractivity (Wildman–Crippen MR) is 53.8 cm³/mol. The molecule has 0 saturated carbocycles. The van der Waals surface area contributed by atoms with E-state index < -0.39 is 17.6 Å². The van der Waals surface area contributed by atoms with Crippen molar-refractivity contribution in [3.63, 3.8) is 0 Å². The van der Waals surface area contributed by atoms with E-state index in [1.54, 1.807) is 0 Å². The van der Waals surface area contributed by atoms with Gasteiger partial charge in [-0.3, -0.25) is 4.79 Å². The van der Waals surface area contributed by atoms with Gasteiger partial charge in [0.2, 0.25) is 0 Å². The van der Waals surface area contributed by atoms with Crippen LogP contribution in [0.1, 0.15) is 16.7 Å². The fourth-order valence-corrected chi connectivity index (χ4v) is 1.69. The highest BCUT2D eigenvalue weighted by atomic mass is 19.4. The van der Waals surface area contributed by atoms with Crippen LogP contribution in [0.5, 0.6) is 0 Å². The van der Waals surface area contributed by atoms with E-state index in [1.807, 2.05) is 0 Å². The Morgan fingerprint density at radius 2 is 1.94 bits per heavy atom. The number of benzene rings is 1. The van der Waals surface area contributed by atoms with Crippen molar-refractivity contribution in [1.82, 2.24) is 0 Å². The third-order valence-corrected chi connectivity index (χ3v) is 2.52. The number of halogens is 3. The maximum Gasteiger partial charge on any atom is 0.416 e. The van der Waals surface area contributed by atoms with Gasteiger partial charge in [0.1, 0.15) is 0 Å².